The molecule has 3 rings (SSSR count). The Morgan fingerprint density at radius 3 is 2.86 bits per heavy atom. The molecule has 0 saturated heterocycles. The summed E-state index contributed by atoms with van der Waals surface area (Å²) in [5.74, 6) is 0.0765. The number of para-hydroxylation sites is 1. The molecular formula is C18H20N2OS. The number of hydrogen-bond donors (Lipinski definition) is 1. The van der Waals surface area contributed by atoms with Crippen molar-refractivity contribution in [2.24, 2.45) is 0 Å². The van der Waals surface area contributed by atoms with Crippen LogP contribution in [0.1, 0.15) is 19.8 Å². The fourth-order valence-corrected chi connectivity index (χ4v) is 3.36. The summed E-state index contributed by atoms with van der Waals surface area (Å²) < 4.78 is 2.11. The molecule has 0 unspecified atom stereocenters. The zero-order chi connectivity index (χ0) is 15.4. The van der Waals surface area contributed by atoms with Gasteiger partial charge in [0.25, 0.3) is 0 Å². The third kappa shape index (κ3) is 3.07. The molecule has 0 bridgehead atoms. The zero-order valence-corrected chi connectivity index (χ0v) is 13.5. The summed E-state index contributed by atoms with van der Waals surface area (Å²) in [6.45, 7) is 3.24. The third-order valence-corrected chi connectivity index (χ3v) is 4.63. The molecule has 0 aliphatic heterocycles. The summed E-state index contributed by atoms with van der Waals surface area (Å²) in [5.41, 5.74) is 2.22. The average molecular weight is 312 g/mol. The van der Waals surface area contributed by atoms with Crippen LogP contribution in [0.4, 0.5) is 0 Å². The molecule has 4 heteroatoms. The lowest BCUT2D eigenvalue weighted by atomic mass is 10.2. The van der Waals surface area contributed by atoms with Crippen molar-refractivity contribution in [1.82, 2.24) is 9.88 Å². The standard InChI is InChI=1S/C18H20N2OS/c1-2-3-10-19-18(21)13-20-15-8-5-4-7-14(15)12-16(20)17-9-6-11-22-17/h4-9,11-12H,2-3,10,13H2,1H3,(H,19,21). The molecule has 1 N–H and O–H groups in total. The Hall–Kier alpha value is -2.07. The van der Waals surface area contributed by atoms with Gasteiger partial charge < -0.3 is 9.88 Å². The highest BCUT2D eigenvalue weighted by atomic mass is 32.1. The number of nitrogens with zero attached hydrogens (tertiary/aromatic N) is 1. The van der Waals surface area contributed by atoms with Crippen molar-refractivity contribution < 1.29 is 4.79 Å². The highest BCUT2D eigenvalue weighted by Crippen LogP contribution is 2.31. The van der Waals surface area contributed by atoms with Gasteiger partial charge in [0.1, 0.15) is 6.54 Å². The van der Waals surface area contributed by atoms with Crippen LogP contribution in [0, 0.1) is 0 Å². The summed E-state index contributed by atoms with van der Waals surface area (Å²) in [7, 11) is 0. The fraction of sp³-hybridized carbons (Fsp3) is 0.278. The second-order valence-corrected chi connectivity index (χ2v) is 6.30. The number of amides is 1. The number of carbonyl (C=O) groups is 1. The number of benzene rings is 1. The quantitative estimate of drug-likeness (QED) is 0.677. The number of carbonyl (C=O) groups excluding carboxylic acids is 1. The predicted molar refractivity (Wildman–Crippen MR) is 93.2 cm³/mol. The summed E-state index contributed by atoms with van der Waals surface area (Å²) >= 11 is 1.70. The van der Waals surface area contributed by atoms with Gasteiger partial charge in [0.15, 0.2) is 0 Å². The minimum absolute atomic E-state index is 0.0765. The number of thiophene rings is 1. The van der Waals surface area contributed by atoms with E-state index in [4.69, 9.17) is 0 Å². The van der Waals surface area contributed by atoms with Crippen molar-refractivity contribution in [3.05, 3.63) is 47.8 Å². The van der Waals surface area contributed by atoms with E-state index < -0.39 is 0 Å². The zero-order valence-electron chi connectivity index (χ0n) is 12.7. The number of nitrogens with one attached hydrogen (secondary N) is 1. The highest BCUT2D eigenvalue weighted by molar-refractivity contribution is 7.13. The van der Waals surface area contributed by atoms with Crippen LogP contribution in [0.3, 0.4) is 0 Å². The molecule has 3 nitrogen and oxygen atoms in total. The van der Waals surface area contributed by atoms with Gasteiger partial charge >= 0.3 is 0 Å². The maximum absolute atomic E-state index is 12.2. The van der Waals surface area contributed by atoms with Crippen molar-refractivity contribution in [2.45, 2.75) is 26.3 Å². The first-order valence-electron chi connectivity index (χ1n) is 7.68. The van der Waals surface area contributed by atoms with Crippen LogP contribution >= 0.6 is 11.3 Å². The molecule has 0 fully saturated rings. The van der Waals surface area contributed by atoms with Crippen LogP contribution in [0.2, 0.25) is 0 Å². The Morgan fingerprint density at radius 2 is 2.09 bits per heavy atom. The van der Waals surface area contributed by atoms with Gasteiger partial charge in [-0.15, -0.1) is 11.3 Å². The lowest BCUT2D eigenvalue weighted by Crippen LogP contribution is -2.28. The van der Waals surface area contributed by atoms with Gasteiger partial charge in [0.2, 0.25) is 5.91 Å². The maximum Gasteiger partial charge on any atom is 0.239 e. The topological polar surface area (TPSA) is 34.0 Å². The van der Waals surface area contributed by atoms with Crippen LogP contribution < -0.4 is 5.32 Å². The highest BCUT2D eigenvalue weighted by Gasteiger charge is 2.13. The molecule has 0 saturated carbocycles. The molecule has 114 valence electrons. The predicted octanol–water partition coefficient (Wildman–Crippen LogP) is 4.29. The third-order valence-electron chi connectivity index (χ3n) is 3.74. The molecular weight excluding hydrogens is 292 g/mol. The summed E-state index contributed by atoms with van der Waals surface area (Å²) in [4.78, 5) is 13.4. The van der Waals surface area contributed by atoms with Crippen molar-refractivity contribution in [3.63, 3.8) is 0 Å². The van der Waals surface area contributed by atoms with Gasteiger partial charge in [-0.3, -0.25) is 4.79 Å². The first kappa shape index (κ1) is 14.9. The molecule has 0 radical (unpaired) electrons. The minimum atomic E-state index is 0.0765. The van der Waals surface area contributed by atoms with Crippen molar-refractivity contribution in [1.29, 1.82) is 0 Å². The lowest BCUT2D eigenvalue weighted by Gasteiger charge is -2.10. The Balaban J connectivity index is 1.92. The number of hydrogen-bond acceptors (Lipinski definition) is 2. The number of rotatable bonds is 6. The van der Waals surface area contributed by atoms with E-state index in [1.807, 2.05) is 18.2 Å². The van der Waals surface area contributed by atoms with E-state index >= 15 is 0 Å². The number of aromatic nitrogens is 1. The second kappa shape index (κ2) is 6.79. The van der Waals surface area contributed by atoms with Crippen molar-refractivity contribution >= 4 is 28.1 Å². The minimum Gasteiger partial charge on any atom is -0.355 e. The lowest BCUT2D eigenvalue weighted by molar-refractivity contribution is -0.121. The Labute approximate surface area is 134 Å². The van der Waals surface area contributed by atoms with E-state index in [-0.39, 0.29) is 5.91 Å². The normalized spacial score (nSPS) is 11.0. The van der Waals surface area contributed by atoms with E-state index in [9.17, 15) is 4.79 Å². The van der Waals surface area contributed by atoms with Crippen molar-refractivity contribution in [2.75, 3.05) is 6.54 Å². The molecule has 0 aliphatic rings. The molecule has 0 aliphatic carbocycles. The summed E-state index contributed by atoms with van der Waals surface area (Å²) in [6, 6.07) is 14.5. The van der Waals surface area contributed by atoms with Gasteiger partial charge in [-0.25, -0.2) is 0 Å². The van der Waals surface area contributed by atoms with Gasteiger partial charge in [-0.1, -0.05) is 37.6 Å². The Morgan fingerprint density at radius 1 is 1.23 bits per heavy atom. The van der Waals surface area contributed by atoms with Crippen LogP contribution in [-0.2, 0) is 11.3 Å². The van der Waals surface area contributed by atoms with Gasteiger partial charge in [0.05, 0.1) is 10.6 Å². The first-order chi connectivity index (χ1) is 10.8. The van der Waals surface area contributed by atoms with Gasteiger partial charge in [-0.05, 0) is 30.0 Å². The molecule has 1 amide bonds. The van der Waals surface area contributed by atoms with E-state index in [2.05, 4.69) is 46.5 Å². The van der Waals surface area contributed by atoms with Gasteiger partial charge in [-0.2, -0.15) is 0 Å². The fourth-order valence-electron chi connectivity index (χ4n) is 2.61. The van der Waals surface area contributed by atoms with E-state index in [0.717, 1.165) is 30.6 Å². The van der Waals surface area contributed by atoms with E-state index in [0.29, 0.717) is 6.54 Å². The maximum atomic E-state index is 12.2. The number of fused-ring (bicyclic) bond motifs is 1. The largest absolute Gasteiger partial charge is 0.355 e. The van der Waals surface area contributed by atoms with Crippen LogP contribution in [0.25, 0.3) is 21.5 Å². The van der Waals surface area contributed by atoms with Crippen LogP contribution in [0.15, 0.2) is 47.8 Å². The summed E-state index contributed by atoms with van der Waals surface area (Å²) in [5, 5.41) is 6.24. The molecule has 2 aromatic heterocycles. The molecule has 0 spiro atoms. The first-order valence-corrected chi connectivity index (χ1v) is 8.56. The monoisotopic (exact) mass is 312 g/mol. The Kier molecular flexibility index (Phi) is 4.59. The van der Waals surface area contributed by atoms with Crippen LogP contribution in [0.5, 0.6) is 0 Å². The van der Waals surface area contributed by atoms with E-state index in [1.54, 1.807) is 11.3 Å². The smallest absolute Gasteiger partial charge is 0.239 e. The molecule has 2 heterocycles. The number of unbranched alkanes of at least 4 members (excludes halogenated alkanes) is 1. The Bertz CT molecular complexity index is 759. The summed E-state index contributed by atoms with van der Waals surface area (Å²) in [6.07, 6.45) is 2.11. The van der Waals surface area contributed by atoms with E-state index in [1.165, 1.54) is 10.3 Å². The molecule has 0 atom stereocenters. The second-order valence-electron chi connectivity index (χ2n) is 5.36. The SMILES string of the molecule is CCCCNC(=O)Cn1c(-c2cccs2)cc2ccccc21. The average Bonchev–Trinajstić information content (AvgIpc) is 3.16. The van der Waals surface area contributed by atoms with Crippen molar-refractivity contribution in [3.8, 4) is 10.6 Å². The molecule has 1 aromatic carbocycles. The van der Waals surface area contributed by atoms with Gasteiger partial charge in [0, 0.05) is 17.4 Å². The molecule has 22 heavy (non-hydrogen) atoms. The van der Waals surface area contributed by atoms with Crippen LogP contribution in [-0.4, -0.2) is 17.0 Å². The molecule has 3 aromatic rings.